The van der Waals surface area contributed by atoms with Gasteiger partial charge >= 0.3 is 5.69 Å². The number of hydrogen-bond donors (Lipinski definition) is 3. The molecule has 6 rings (SSSR count). The van der Waals surface area contributed by atoms with Crippen molar-refractivity contribution >= 4 is 40.7 Å². The van der Waals surface area contributed by atoms with Gasteiger partial charge in [0.2, 0.25) is 11.8 Å². The van der Waals surface area contributed by atoms with Gasteiger partial charge in [0.05, 0.1) is 28.5 Å². The van der Waals surface area contributed by atoms with E-state index in [1.54, 1.807) is 25.3 Å². The molecule has 3 heterocycles. The number of aromatic nitrogens is 3. The second kappa shape index (κ2) is 12.7. The minimum absolute atomic E-state index is 0.0710. The second-order valence-corrected chi connectivity index (χ2v) is 12.3. The molecule has 0 saturated carbocycles. The summed E-state index contributed by atoms with van der Waals surface area (Å²) in [6.45, 7) is 1.41. The summed E-state index contributed by atoms with van der Waals surface area (Å²) in [5.41, 5.74) is 3.48. The number of ether oxygens (including phenoxy) is 1. The average molecular weight is 664 g/mol. The molecule has 46 heavy (non-hydrogen) atoms. The van der Waals surface area contributed by atoms with Crippen LogP contribution in [0.1, 0.15) is 40.4 Å². The van der Waals surface area contributed by atoms with Gasteiger partial charge < -0.3 is 25.3 Å². The summed E-state index contributed by atoms with van der Waals surface area (Å²) in [5, 5.41) is 9.83. The molecule has 238 valence electrons. The molecular weight excluding hydrogens is 631 g/mol. The van der Waals surface area contributed by atoms with Gasteiger partial charge in [-0.15, -0.1) is 0 Å². The molecule has 0 unspecified atom stereocenters. The highest BCUT2D eigenvalue weighted by molar-refractivity contribution is 6.39. The lowest BCUT2D eigenvalue weighted by atomic mass is 9.99. The van der Waals surface area contributed by atoms with Crippen LogP contribution in [0.15, 0.2) is 58.3 Å². The zero-order chi connectivity index (χ0) is 32.7. The summed E-state index contributed by atoms with van der Waals surface area (Å²) in [5.74, 6) is 0.172. The Labute approximate surface area is 274 Å². The van der Waals surface area contributed by atoms with E-state index in [-0.39, 0.29) is 34.1 Å². The van der Waals surface area contributed by atoms with Gasteiger partial charge in [0.1, 0.15) is 5.56 Å². The first-order valence-electron chi connectivity index (χ1n) is 14.8. The Balaban J connectivity index is 1.29. The van der Waals surface area contributed by atoms with E-state index in [2.05, 4.69) is 16.0 Å². The maximum atomic E-state index is 13.1. The molecule has 0 spiro atoms. The van der Waals surface area contributed by atoms with Crippen molar-refractivity contribution in [1.29, 1.82) is 0 Å². The number of aryl methyl sites for hydroxylation is 2. The molecule has 2 aliphatic rings. The van der Waals surface area contributed by atoms with Gasteiger partial charge in [-0.3, -0.25) is 19.0 Å². The Bertz CT molecular complexity index is 2010. The number of methoxy groups -OCH3 is 1. The largest absolute Gasteiger partial charge is 0.481 e. The third kappa shape index (κ3) is 5.81. The van der Waals surface area contributed by atoms with Crippen LogP contribution in [0.3, 0.4) is 0 Å². The van der Waals surface area contributed by atoms with Crippen molar-refractivity contribution in [3.63, 3.8) is 0 Å². The van der Waals surface area contributed by atoms with Gasteiger partial charge in [-0.25, -0.2) is 9.78 Å². The Hall–Kier alpha value is -4.45. The Morgan fingerprint density at radius 3 is 2.50 bits per heavy atom. The minimum atomic E-state index is -0.717. The first-order valence-corrected chi connectivity index (χ1v) is 15.6. The van der Waals surface area contributed by atoms with Gasteiger partial charge in [-0.05, 0) is 36.5 Å². The summed E-state index contributed by atoms with van der Waals surface area (Å²) in [7, 11) is 4.37. The molecule has 1 aliphatic carbocycles. The monoisotopic (exact) mass is 662 g/mol. The van der Waals surface area contributed by atoms with Crippen LogP contribution in [0.4, 0.5) is 5.69 Å². The van der Waals surface area contributed by atoms with Crippen molar-refractivity contribution < 1.29 is 14.3 Å². The smallest absolute Gasteiger partial charge is 0.330 e. The van der Waals surface area contributed by atoms with E-state index in [1.165, 1.54) is 20.3 Å². The standard InChI is InChI=1S/C33H32Cl2N6O5/c1-40-16-22(32(44)41(2)33(40)45)30(43)38-24-9-5-7-20(29(24)35)19-6-4-8-21(28(19)34)25-13-18-10-11-23(27(18)31(39-25)46-3)36-14-17-12-26(42)37-15-17/h4-9,13,16-17,23,36H,10-12,14-15H2,1-3H3,(H,37,42)(H,38,43)/t17-,23+/m1/s1. The molecule has 1 aliphatic heterocycles. The average Bonchev–Trinajstić information content (AvgIpc) is 3.66. The number of rotatable bonds is 8. The van der Waals surface area contributed by atoms with Crippen LogP contribution >= 0.6 is 23.2 Å². The van der Waals surface area contributed by atoms with E-state index in [0.717, 1.165) is 39.6 Å². The molecule has 1 saturated heterocycles. The number of benzene rings is 2. The first kappa shape index (κ1) is 31.5. The van der Waals surface area contributed by atoms with Crippen LogP contribution in [0.2, 0.25) is 10.0 Å². The van der Waals surface area contributed by atoms with Gasteiger partial charge in [-0.2, -0.15) is 0 Å². The molecule has 13 heteroatoms. The molecule has 2 atom stereocenters. The zero-order valence-electron chi connectivity index (χ0n) is 25.4. The quantitative estimate of drug-likeness (QED) is 0.259. The van der Waals surface area contributed by atoms with Crippen molar-refractivity contribution in [3.8, 4) is 28.3 Å². The fourth-order valence-electron chi connectivity index (χ4n) is 6.15. The van der Waals surface area contributed by atoms with Gasteiger partial charge in [0.25, 0.3) is 11.5 Å². The van der Waals surface area contributed by atoms with Crippen LogP contribution in [0, 0.1) is 5.92 Å². The topological polar surface area (TPSA) is 136 Å². The molecule has 2 amide bonds. The van der Waals surface area contributed by atoms with Crippen molar-refractivity contribution in [1.82, 2.24) is 24.8 Å². The lowest BCUT2D eigenvalue weighted by Gasteiger charge is -2.19. The van der Waals surface area contributed by atoms with Crippen LogP contribution in [-0.2, 0) is 25.3 Å². The molecule has 2 aromatic heterocycles. The van der Waals surface area contributed by atoms with Crippen LogP contribution < -0.4 is 31.9 Å². The maximum Gasteiger partial charge on any atom is 0.330 e. The van der Waals surface area contributed by atoms with Crippen molar-refractivity contribution in [2.75, 3.05) is 25.5 Å². The molecule has 0 radical (unpaired) electrons. The highest BCUT2D eigenvalue weighted by Crippen LogP contribution is 2.44. The van der Waals surface area contributed by atoms with Gasteiger partial charge in [0, 0.05) is 68.1 Å². The number of hydrogen-bond acceptors (Lipinski definition) is 7. The summed E-state index contributed by atoms with van der Waals surface area (Å²) < 4.78 is 7.80. The number of anilines is 1. The normalized spacial score (nSPS) is 17.1. The number of carbonyl (C=O) groups excluding carboxylic acids is 2. The van der Waals surface area contributed by atoms with E-state index in [9.17, 15) is 19.2 Å². The summed E-state index contributed by atoms with van der Waals surface area (Å²) in [6.07, 6.45) is 3.45. The van der Waals surface area contributed by atoms with E-state index >= 15 is 0 Å². The molecule has 2 aromatic carbocycles. The third-order valence-electron chi connectivity index (χ3n) is 8.57. The van der Waals surface area contributed by atoms with E-state index in [0.29, 0.717) is 46.3 Å². The molecule has 1 fully saturated rings. The molecule has 4 aromatic rings. The van der Waals surface area contributed by atoms with Gasteiger partial charge in [-0.1, -0.05) is 53.5 Å². The summed E-state index contributed by atoms with van der Waals surface area (Å²) >= 11 is 13.9. The van der Waals surface area contributed by atoms with Crippen LogP contribution in [0.25, 0.3) is 22.4 Å². The lowest BCUT2D eigenvalue weighted by molar-refractivity contribution is -0.119. The highest BCUT2D eigenvalue weighted by Gasteiger charge is 2.30. The number of amides is 2. The van der Waals surface area contributed by atoms with E-state index < -0.39 is 17.2 Å². The minimum Gasteiger partial charge on any atom is -0.481 e. The van der Waals surface area contributed by atoms with Crippen molar-refractivity contribution in [2.45, 2.75) is 25.3 Å². The fraction of sp³-hybridized carbons (Fsp3) is 0.303. The predicted molar refractivity (Wildman–Crippen MR) is 177 cm³/mol. The third-order valence-corrected chi connectivity index (χ3v) is 9.39. The van der Waals surface area contributed by atoms with Crippen LogP contribution in [-0.4, -0.2) is 46.1 Å². The molecule has 0 bridgehead atoms. The Morgan fingerprint density at radius 1 is 1.07 bits per heavy atom. The number of fused-ring (bicyclic) bond motifs is 1. The Kier molecular flexibility index (Phi) is 8.73. The van der Waals surface area contributed by atoms with E-state index in [1.807, 2.05) is 24.3 Å². The molecular formula is C33H32Cl2N6O5. The lowest BCUT2D eigenvalue weighted by Crippen LogP contribution is -2.40. The highest BCUT2D eigenvalue weighted by atomic mass is 35.5. The Morgan fingerprint density at radius 2 is 1.78 bits per heavy atom. The predicted octanol–water partition coefficient (Wildman–Crippen LogP) is 4.09. The summed E-state index contributed by atoms with van der Waals surface area (Å²) in [4.78, 5) is 54.2. The maximum absolute atomic E-state index is 13.1. The summed E-state index contributed by atoms with van der Waals surface area (Å²) in [6, 6.07) is 12.8. The number of halogens is 2. The van der Waals surface area contributed by atoms with Crippen LogP contribution in [0.5, 0.6) is 5.88 Å². The molecule has 11 nitrogen and oxygen atoms in total. The van der Waals surface area contributed by atoms with E-state index in [4.69, 9.17) is 32.9 Å². The van der Waals surface area contributed by atoms with Gasteiger partial charge in [0.15, 0.2) is 0 Å². The first-order chi connectivity index (χ1) is 22.1. The molecule has 3 N–H and O–H groups in total. The number of pyridine rings is 1. The number of carbonyl (C=O) groups is 2. The second-order valence-electron chi connectivity index (χ2n) is 11.6. The van der Waals surface area contributed by atoms with Crippen molar-refractivity contribution in [3.05, 3.63) is 96.2 Å². The van der Waals surface area contributed by atoms with Crippen molar-refractivity contribution in [2.24, 2.45) is 20.0 Å². The number of nitrogens with one attached hydrogen (secondary N) is 3. The zero-order valence-corrected chi connectivity index (χ0v) is 27.0. The fourth-order valence-corrected chi connectivity index (χ4v) is 6.75. The SMILES string of the molecule is COc1nc(-c2cccc(-c3cccc(NC(=O)c4cn(C)c(=O)n(C)c4=O)c3Cl)c2Cl)cc2c1[C@@H](NC[C@@H]1CNC(=O)C1)CC2. The number of nitrogens with zero attached hydrogens (tertiary/aromatic N) is 3.